The number of anilines is 1. The molecule has 5 nitrogen and oxygen atoms in total. The fourth-order valence-electron chi connectivity index (χ4n) is 3.10. The van der Waals surface area contributed by atoms with Crippen LogP contribution >= 0.6 is 0 Å². The van der Waals surface area contributed by atoms with Gasteiger partial charge >= 0.3 is 6.18 Å². The fraction of sp³-hybridized carbons (Fsp3) is 0.300. The zero-order chi connectivity index (χ0) is 20.3. The largest absolute Gasteiger partial charge is 0.497 e. The van der Waals surface area contributed by atoms with Crippen LogP contribution in [0, 0.1) is 5.92 Å². The summed E-state index contributed by atoms with van der Waals surface area (Å²) in [6.45, 7) is 0.314. The van der Waals surface area contributed by atoms with Crippen LogP contribution in [0.4, 0.5) is 18.9 Å². The molecule has 2 aromatic carbocycles. The Bertz CT molecular complexity index is 883. The van der Waals surface area contributed by atoms with E-state index in [2.05, 4.69) is 5.32 Å². The predicted octanol–water partition coefficient (Wildman–Crippen LogP) is 3.38. The standard InChI is InChI=1S/C20H19F3N2O3/c1-28-17-7-2-4-13(8-17)11-24-19(27)14-9-18(26)25(12-14)16-6-3-5-15(10-16)20(21,22)23/h2-8,10,14H,9,11-12H2,1H3,(H,24,27)/t14-/m0/s1. The quantitative estimate of drug-likeness (QED) is 0.849. The first-order chi connectivity index (χ1) is 13.3. The topological polar surface area (TPSA) is 58.6 Å². The van der Waals surface area contributed by atoms with Crippen molar-refractivity contribution in [3.05, 3.63) is 59.7 Å². The highest BCUT2D eigenvalue weighted by atomic mass is 19.4. The summed E-state index contributed by atoms with van der Waals surface area (Å²) in [7, 11) is 1.55. The lowest BCUT2D eigenvalue weighted by molar-refractivity contribution is -0.137. The van der Waals surface area contributed by atoms with Gasteiger partial charge in [-0.3, -0.25) is 9.59 Å². The number of rotatable bonds is 5. The van der Waals surface area contributed by atoms with Crippen molar-refractivity contribution in [1.82, 2.24) is 5.32 Å². The molecule has 0 aromatic heterocycles. The number of methoxy groups -OCH3 is 1. The Kier molecular flexibility index (Phi) is 5.58. The van der Waals surface area contributed by atoms with Crippen LogP contribution in [-0.4, -0.2) is 25.5 Å². The van der Waals surface area contributed by atoms with Crippen LogP contribution in [0.3, 0.4) is 0 Å². The molecule has 1 aliphatic rings. The summed E-state index contributed by atoms with van der Waals surface area (Å²) in [4.78, 5) is 25.9. The molecule has 1 N–H and O–H groups in total. The van der Waals surface area contributed by atoms with E-state index in [4.69, 9.17) is 4.74 Å². The van der Waals surface area contributed by atoms with Gasteiger partial charge in [0, 0.05) is 25.2 Å². The molecule has 0 unspecified atom stereocenters. The number of nitrogens with zero attached hydrogens (tertiary/aromatic N) is 1. The molecule has 1 aliphatic heterocycles. The van der Waals surface area contributed by atoms with Crippen molar-refractivity contribution in [1.29, 1.82) is 0 Å². The van der Waals surface area contributed by atoms with Crippen LogP contribution in [-0.2, 0) is 22.3 Å². The van der Waals surface area contributed by atoms with Gasteiger partial charge in [-0.1, -0.05) is 18.2 Å². The third kappa shape index (κ3) is 4.44. The smallest absolute Gasteiger partial charge is 0.416 e. The van der Waals surface area contributed by atoms with Crippen LogP contribution in [0.5, 0.6) is 5.75 Å². The summed E-state index contributed by atoms with van der Waals surface area (Å²) in [5, 5.41) is 2.77. The number of ether oxygens (including phenoxy) is 1. The molecule has 0 radical (unpaired) electrons. The molecule has 1 saturated heterocycles. The molecule has 28 heavy (non-hydrogen) atoms. The zero-order valence-electron chi connectivity index (χ0n) is 15.1. The molecule has 1 heterocycles. The number of hydrogen-bond acceptors (Lipinski definition) is 3. The van der Waals surface area contributed by atoms with Crippen molar-refractivity contribution in [3.63, 3.8) is 0 Å². The lowest BCUT2D eigenvalue weighted by Gasteiger charge is -2.18. The second-order valence-electron chi connectivity index (χ2n) is 6.52. The maximum absolute atomic E-state index is 12.9. The van der Waals surface area contributed by atoms with Crippen LogP contribution in [0.1, 0.15) is 17.5 Å². The first-order valence-corrected chi connectivity index (χ1v) is 8.66. The maximum atomic E-state index is 12.9. The Labute approximate surface area is 160 Å². The van der Waals surface area contributed by atoms with Crippen molar-refractivity contribution in [2.75, 3.05) is 18.6 Å². The summed E-state index contributed by atoms with van der Waals surface area (Å²) < 4.78 is 43.8. The minimum atomic E-state index is -4.49. The molecule has 1 atom stereocenters. The SMILES string of the molecule is COc1cccc(CNC(=O)[C@H]2CC(=O)N(c3cccc(C(F)(F)F)c3)C2)c1. The number of carbonyl (C=O) groups excluding carboxylic acids is 2. The van der Waals surface area contributed by atoms with E-state index in [-0.39, 0.29) is 37.0 Å². The monoisotopic (exact) mass is 392 g/mol. The summed E-state index contributed by atoms with van der Waals surface area (Å²) in [6.07, 6.45) is -4.54. The lowest BCUT2D eigenvalue weighted by atomic mass is 10.1. The Morgan fingerprint density at radius 2 is 1.96 bits per heavy atom. The van der Waals surface area contributed by atoms with Crippen LogP contribution in [0.2, 0.25) is 0 Å². The maximum Gasteiger partial charge on any atom is 0.416 e. The molecular formula is C20H19F3N2O3. The predicted molar refractivity (Wildman–Crippen MR) is 96.7 cm³/mol. The molecule has 0 aliphatic carbocycles. The highest BCUT2D eigenvalue weighted by Gasteiger charge is 2.36. The van der Waals surface area contributed by atoms with Crippen molar-refractivity contribution >= 4 is 17.5 Å². The average Bonchev–Trinajstić information content (AvgIpc) is 3.07. The van der Waals surface area contributed by atoms with E-state index in [9.17, 15) is 22.8 Å². The van der Waals surface area contributed by atoms with E-state index in [1.165, 1.54) is 17.0 Å². The Morgan fingerprint density at radius 3 is 2.68 bits per heavy atom. The number of amides is 2. The summed E-state index contributed by atoms with van der Waals surface area (Å²) in [6, 6.07) is 11.8. The first kappa shape index (κ1) is 19.7. The fourth-order valence-corrected chi connectivity index (χ4v) is 3.10. The molecule has 3 rings (SSSR count). The van der Waals surface area contributed by atoms with Gasteiger partial charge in [-0.05, 0) is 35.9 Å². The van der Waals surface area contributed by atoms with E-state index in [1.54, 1.807) is 25.3 Å². The molecule has 1 fully saturated rings. The molecule has 8 heteroatoms. The van der Waals surface area contributed by atoms with Crippen molar-refractivity contribution in [2.24, 2.45) is 5.92 Å². The Balaban J connectivity index is 1.64. The minimum absolute atomic E-state index is 0.0415. The van der Waals surface area contributed by atoms with Crippen LogP contribution in [0.15, 0.2) is 48.5 Å². The number of nitrogens with one attached hydrogen (secondary N) is 1. The van der Waals surface area contributed by atoms with Gasteiger partial charge in [-0.15, -0.1) is 0 Å². The van der Waals surface area contributed by atoms with E-state index in [0.717, 1.165) is 17.7 Å². The Morgan fingerprint density at radius 1 is 1.21 bits per heavy atom. The molecule has 0 saturated carbocycles. The van der Waals surface area contributed by atoms with E-state index in [0.29, 0.717) is 5.75 Å². The highest BCUT2D eigenvalue weighted by Crippen LogP contribution is 2.33. The van der Waals surface area contributed by atoms with Gasteiger partial charge in [0.25, 0.3) is 0 Å². The van der Waals surface area contributed by atoms with Crippen LogP contribution < -0.4 is 15.0 Å². The van der Waals surface area contributed by atoms with Crippen molar-refractivity contribution in [2.45, 2.75) is 19.1 Å². The molecule has 0 spiro atoms. The molecule has 2 aromatic rings. The second kappa shape index (κ2) is 7.92. The minimum Gasteiger partial charge on any atom is -0.497 e. The van der Waals surface area contributed by atoms with Gasteiger partial charge < -0.3 is 15.0 Å². The first-order valence-electron chi connectivity index (χ1n) is 8.66. The van der Waals surface area contributed by atoms with Crippen molar-refractivity contribution < 1.29 is 27.5 Å². The normalized spacial score (nSPS) is 16.9. The average molecular weight is 392 g/mol. The van der Waals surface area contributed by atoms with Crippen molar-refractivity contribution in [3.8, 4) is 5.75 Å². The molecular weight excluding hydrogens is 373 g/mol. The number of halogens is 3. The number of hydrogen-bond donors (Lipinski definition) is 1. The lowest BCUT2D eigenvalue weighted by Crippen LogP contribution is -2.32. The summed E-state index contributed by atoms with van der Waals surface area (Å²) in [5.74, 6) is -0.641. The van der Waals surface area contributed by atoms with E-state index in [1.807, 2.05) is 6.07 Å². The third-order valence-electron chi connectivity index (χ3n) is 4.58. The highest BCUT2D eigenvalue weighted by molar-refractivity contribution is 6.00. The van der Waals surface area contributed by atoms with Gasteiger partial charge in [0.1, 0.15) is 5.75 Å². The third-order valence-corrected chi connectivity index (χ3v) is 4.58. The van der Waals surface area contributed by atoms with Gasteiger partial charge in [0.15, 0.2) is 0 Å². The Hall–Kier alpha value is -3.03. The molecule has 148 valence electrons. The molecule has 0 bridgehead atoms. The number of alkyl halides is 3. The van der Waals surface area contributed by atoms with Gasteiger partial charge in [0.05, 0.1) is 18.6 Å². The zero-order valence-corrected chi connectivity index (χ0v) is 15.1. The molecule has 2 amide bonds. The number of benzene rings is 2. The van der Waals surface area contributed by atoms with Gasteiger partial charge in [-0.25, -0.2) is 0 Å². The number of carbonyl (C=O) groups is 2. The van der Waals surface area contributed by atoms with E-state index < -0.39 is 17.7 Å². The van der Waals surface area contributed by atoms with Gasteiger partial charge in [0.2, 0.25) is 11.8 Å². The summed E-state index contributed by atoms with van der Waals surface area (Å²) >= 11 is 0. The van der Waals surface area contributed by atoms with Gasteiger partial charge in [-0.2, -0.15) is 13.2 Å². The van der Waals surface area contributed by atoms with E-state index >= 15 is 0 Å². The second-order valence-corrected chi connectivity index (χ2v) is 6.52. The summed E-state index contributed by atoms with van der Waals surface area (Å²) in [5.41, 5.74) is 0.151. The van der Waals surface area contributed by atoms with Crippen LogP contribution in [0.25, 0.3) is 0 Å².